The van der Waals surface area contributed by atoms with Crippen LogP contribution in [-0.2, 0) is 35.5 Å². The Morgan fingerprint density at radius 2 is 1.64 bits per heavy atom. The summed E-state index contributed by atoms with van der Waals surface area (Å²) in [5.74, 6) is -0.154. The summed E-state index contributed by atoms with van der Waals surface area (Å²) < 4.78 is 5.33. The van der Waals surface area contributed by atoms with Gasteiger partial charge in [0.25, 0.3) is 0 Å². The summed E-state index contributed by atoms with van der Waals surface area (Å²) in [5.41, 5.74) is 6.20. The minimum atomic E-state index is -0.423. The van der Waals surface area contributed by atoms with Gasteiger partial charge in [-0.2, -0.15) is 10.5 Å². The molecule has 1 N–H and O–H groups in total. The summed E-state index contributed by atoms with van der Waals surface area (Å²) in [5, 5.41) is 20.9. The van der Waals surface area contributed by atoms with Crippen molar-refractivity contribution in [2.45, 2.75) is 58.7 Å². The van der Waals surface area contributed by atoms with Crippen LogP contribution in [-0.4, -0.2) is 36.1 Å². The van der Waals surface area contributed by atoms with Crippen molar-refractivity contribution in [3.05, 3.63) is 69.8 Å². The molecule has 2 aliphatic heterocycles. The molecule has 6 nitrogen and oxygen atoms in total. The minimum Gasteiger partial charge on any atom is -0.460 e. The van der Waals surface area contributed by atoms with Crippen molar-refractivity contribution in [3.63, 3.8) is 0 Å². The van der Waals surface area contributed by atoms with Crippen LogP contribution in [0.4, 0.5) is 0 Å². The van der Waals surface area contributed by atoms with Gasteiger partial charge in [-0.25, -0.2) is 0 Å². The highest BCUT2D eigenvalue weighted by Gasteiger charge is 2.20. The molecule has 172 valence electrons. The standard InChI is InChI=1S/C17H22N2O2.C10H10N2/c1-17(2,3)21-16(20)7-9-19-8-6-14-5-4-13(11-18)10-15(14)12-19;11-6-8-1-2-9-3-4-12-7-10(9)5-8/h4-5,10H,6-9,12H2,1-3H3;1-2,5,12H,3-4,7H2. The molecular weight excluding hydrogens is 412 g/mol. The zero-order valence-electron chi connectivity index (χ0n) is 19.8. The fraction of sp³-hybridized carbons (Fsp3) is 0.444. The van der Waals surface area contributed by atoms with Gasteiger partial charge >= 0.3 is 5.97 Å². The molecule has 0 atom stereocenters. The van der Waals surface area contributed by atoms with E-state index >= 15 is 0 Å². The lowest BCUT2D eigenvalue weighted by atomic mass is 9.97. The lowest BCUT2D eigenvalue weighted by Gasteiger charge is -2.29. The van der Waals surface area contributed by atoms with Gasteiger partial charge in [0.15, 0.2) is 0 Å². The third-order valence-corrected chi connectivity index (χ3v) is 5.70. The molecule has 0 unspecified atom stereocenters. The van der Waals surface area contributed by atoms with Gasteiger partial charge in [0.1, 0.15) is 5.60 Å². The van der Waals surface area contributed by atoms with Gasteiger partial charge in [-0.05, 0) is 86.7 Å². The van der Waals surface area contributed by atoms with E-state index in [-0.39, 0.29) is 5.97 Å². The molecule has 6 heteroatoms. The van der Waals surface area contributed by atoms with Gasteiger partial charge in [0.2, 0.25) is 0 Å². The number of hydrogen-bond acceptors (Lipinski definition) is 6. The maximum absolute atomic E-state index is 11.8. The predicted molar refractivity (Wildman–Crippen MR) is 127 cm³/mol. The number of esters is 1. The highest BCUT2D eigenvalue weighted by molar-refractivity contribution is 5.70. The van der Waals surface area contributed by atoms with Crippen molar-refractivity contribution in [2.24, 2.45) is 0 Å². The molecule has 0 aromatic heterocycles. The SMILES string of the molecule is CC(C)(C)OC(=O)CCN1CCc2ccc(C#N)cc2C1.N#Cc1ccc2c(c1)CNCC2. The summed E-state index contributed by atoms with van der Waals surface area (Å²) in [6.45, 7) is 10.0. The quantitative estimate of drug-likeness (QED) is 0.724. The van der Waals surface area contributed by atoms with Gasteiger partial charge in [-0.1, -0.05) is 12.1 Å². The first-order chi connectivity index (χ1) is 15.8. The Kier molecular flexibility index (Phi) is 8.22. The average Bonchev–Trinajstić information content (AvgIpc) is 2.81. The Balaban J connectivity index is 0.000000215. The molecule has 33 heavy (non-hydrogen) atoms. The van der Waals surface area contributed by atoms with E-state index in [1.807, 2.05) is 51.1 Å². The molecule has 0 saturated carbocycles. The van der Waals surface area contributed by atoms with Crippen molar-refractivity contribution in [2.75, 3.05) is 19.6 Å². The van der Waals surface area contributed by atoms with Crippen LogP contribution in [0.15, 0.2) is 36.4 Å². The Bertz CT molecular complexity index is 1070. The summed E-state index contributed by atoms with van der Waals surface area (Å²) >= 11 is 0. The van der Waals surface area contributed by atoms with Gasteiger partial charge in [0.05, 0.1) is 29.7 Å². The van der Waals surface area contributed by atoms with E-state index in [1.54, 1.807) is 0 Å². The third-order valence-electron chi connectivity index (χ3n) is 5.70. The van der Waals surface area contributed by atoms with Crippen molar-refractivity contribution in [3.8, 4) is 12.1 Å². The Labute approximate surface area is 196 Å². The molecule has 4 rings (SSSR count). The number of hydrogen-bond donors (Lipinski definition) is 1. The molecule has 2 aliphatic rings. The van der Waals surface area contributed by atoms with Crippen LogP contribution in [0.1, 0.15) is 60.6 Å². The first-order valence-corrected chi connectivity index (χ1v) is 11.5. The lowest BCUT2D eigenvalue weighted by Crippen LogP contribution is -2.33. The summed E-state index contributed by atoms with van der Waals surface area (Å²) in [7, 11) is 0. The molecule has 0 aliphatic carbocycles. The van der Waals surface area contributed by atoms with E-state index in [0.717, 1.165) is 44.6 Å². The van der Waals surface area contributed by atoms with Crippen molar-refractivity contribution >= 4 is 5.97 Å². The van der Waals surface area contributed by atoms with Crippen molar-refractivity contribution < 1.29 is 9.53 Å². The predicted octanol–water partition coefficient (Wildman–Crippen LogP) is 3.85. The number of fused-ring (bicyclic) bond motifs is 2. The molecular formula is C27H32N4O2. The molecule has 0 radical (unpaired) electrons. The van der Waals surface area contributed by atoms with Crippen LogP contribution in [0.2, 0.25) is 0 Å². The van der Waals surface area contributed by atoms with E-state index in [9.17, 15) is 4.79 Å². The molecule has 0 fully saturated rings. The number of carbonyl (C=O) groups excluding carboxylic acids is 1. The molecule has 0 saturated heterocycles. The van der Waals surface area contributed by atoms with E-state index in [0.29, 0.717) is 18.5 Å². The zero-order valence-corrected chi connectivity index (χ0v) is 19.8. The normalized spacial score (nSPS) is 15.1. The smallest absolute Gasteiger partial charge is 0.307 e. The maximum Gasteiger partial charge on any atom is 0.307 e. The number of nitriles is 2. The number of nitrogens with zero attached hydrogens (tertiary/aromatic N) is 3. The number of nitrogens with one attached hydrogen (secondary N) is 1. The van der Waals surface area contributed by atoms with E-state index in [4.69, 9.17) is 15.3 Å². The van der Waals surface area contributed by atoms with Gasteiger partial charge < -0.3 is 10.1 Å². The van der Waals surface area contributed by atoms with E-state index in [2.05, 4.69) is 28.4 Å². The van der Waals surface area contributed by atoms with Crippen LogP contribution in [0.3, 0.4) is 0 Å². The topological polar surface area (TPSA) is 89.2 Å². The van der Waals surface area contributed by atoms with Crippen molar-refractivity contribution in [1.29, 1.82) is 10.5 Å². The first-order valence-electron chi connectivity index (χ1n) is 11.5. The highest BCUT2D eigenvalue weighted by Crippen LogP contribution is 2.20. The maximum atomic E-state index is 11.8. The van der Waals surface area contributed by atoms with Crippen LogP contribution in [0.5, 0.6) is 0 Å². The zero-order chi connectivity index (χ0) is 23.8. The molecule has 0 spiro atoms. The largest absolute Gasteiger partial charge is 0.460 e. The minimum absolute atomic E-state index is 0.154. The number of rotatable bonds is 3. The van der Waals surface area contributed by atoms with Crippen LogP contribution in [0.25, 0.3) is 0 Å². The summed E-state index contributed by atoms with van der Waals surface area (Å²) in [4.78, 5) is 14.0. The van der Waals surface area contributed by atoms with E-state index < -0.39 is 5.60 Å². The highest BCUT2D eigenvalue weighted by atomic mass is 16.6. The van der Waals surface area contributed by atoms with Crippen LogP contribution < -0.4 is 5.32 Å². The Hall–Kier alpha value is -3.19. The molecule has 2 heterocycles. The third kappa shape index (κ3) is 7.43. The van der Waals surface area contributed by atoms with Gasteiger partial charge in [-0.15, -0.1) is 0 Å². The fourth-order valence-electron chi connectivity index (χ4n) is 4.07. The molecule has 2 aromatic carbocycles. The van der Waals surface area contributed by atoms with Crippen LogP contribution >= 0.6 is 0 Å². The first kappa shape index (κ1) is 24.5. The molecule has 0 bridgehead atoms. The number of carbonyl (C=O) groups is 1. The van der Waals surface area contributed by atoms with Crippen LogP contribution in [0, 0.1) is 22.7 Å². The monoisotopic (exact) mass is 444 g/mol. The number of benzene rings is 2. The van der Waals surface area contributed by atoms with E-state index in [1.165, 1.54) is 22.3 Å². The second kappa shape index (κ2) is 11.1. The second-order valence-corrected chi connectivity index (χ2v) is 9.48. The van der Waals surface area contributed by atoms with Gasteiger partial charge in [0, 0.05) is 26.2 Å². The molecule has 0 amide bonds. The lowest BCUT2D eigenvalue weighted by molar-refractivity contribution is -0.155. The Morgan fingerprint density at radius 3 is 2.27 bits per heavy atom. The van der Waals surface area contributed by atoms with Crippen molar-refractivity contribution in [1.82, 2.24) is 10.2 Å². The Morgan fingerprint density at radius 1 is 1.00 bits per heavy atom. The van der Waals surface area contributed by atoms with Gasteiger partial charge in [-0.3, -0.25) is 9.69 Å². The molecule has 2 aromatic rings. The fourth-order valence-corrected chi connectivity index (χ4v) is 4.07. The average molecular weight is 445 g/mol. The summed E-state index contributed by atoms with van der Waals surface area (Å²) in [6, 6.07) is 16.1. The second-order valence-electron chi connectivity index (χ2n) is 9.48. The number of ether oxygens (including phenoxy) is 1. The summed E-state index contributed by atoms with van der Waals surface area (Å²) in [6.07, 6.45) is 2.46.